The molecule has 5 nitrogen and oxygen atoms in total. The Labute approximate surface area is 201 Å². The summed E-state index contributed by atoms with van der Waals surface area (Å²) in [6.07, 6.45) is 1.84. The molecule has 0 saturated carbocycles. The number of Topliss-reactive ketones (excluding diaryl/α,β-unsaturated/α-hetero) is 2. The number of hydrogen-bond donors (Lipinski definition) is 1. The molecule has 2 atom stereocenters. The van der Waals surface area contributed by atoms with Crippen molar-refractivity contribution in [3.8, 4) is 5.75 Å². The van der Waals surface area contributed by atoms with E-state index in [1.165, 1.54) is 0 Å². The largest absolute Gasteiger partial charge is 0.506 e. The van der Waals surface area contributed by atoms with Crippen LogP contribution in [0.2, 0.25) is 0 Å². The first-order valence-corrected chi connectivity index (χ1v) is 11.6. The van der Waals surface area contributed by atoms with Crippen LogP contribution in [0.1, 0.15) is 43.8 Å². The molecule has 3 aromatic carbocycles. The summed E-state index contributed by atoms with van der Waals surface area (Å²) in [7, 11) is 0. The zero-order valence-corrected chi connectivity index (χ0v) is 19.7. The van der Waals surface area contributed by atoms with E-state index in [0.717, 1.165) is 10.0 Å². The molecule has 5 rings (SSSR count). The number of phenols is 1. The Morgan fingerprint density at radius 1 is 0.844 bits per heavy atom. The van der Waals surface area contributed by atoms with Crippen LogP contribution in [0.5, 0.6) is 5.75 Å². The van der Waals surface area contributed by atoms with Crippen molar-refractivity contribution >= 4 is 43.4 Å². The summed E-state index contributed by atoms with van der Waals surface area (Å²) in [5.74, 6) is -1.75. The van der Waals surface area contributed by atoms with Crippen LogP contribution < -0.4 is 0 Å². The van der Waals surface area contributed by atoms with Crippen LogP contribution in [0.4, 0.5) is 0 Å². The first-order valence-electron chi connectivity index (χ1n) is 9.98. The predicted molar refractivity (Wildman–Crippen MR) is 127 cm³/mol. The van der Waals surface area contributed by atoms with E-state index in [1.807, 2.05) is 36.4 Å². The summed E-state index contributed by atoms with van der Waals surface area (Å²) >= 11 is 6.85. The third kappa shape index (κ3) is 3.45. The highest BCUT2D eigenvalue weighted by Crippen LogP contribution is 2.47. The third-order valence-electron chi connectivity index (χ3n) is 5.83. The van der Waals surface area contributed by atoms with Crippen molar-refractivity contribution in [3.05, 3.63) is 110 Å². The van der Waals surface area contributed by atoms with E-state index in [9.17, 15) is 14.7 Å². The highest BCUT2D eigenvalue weighted by molar-refractivity contribution is 9.11. The van der Waals surface area contributed by atoms with Gasteiger partial charge in [0.1, 0.15) is 17.7 Å². The van der Waals surface area contributed by atoms with Gasteiger partial charge >= 0.3 is 0 Å². The van der Waals surface area contributed by atoms with Crippen molar-refractivity contribution in [1.82, 2.24) is 0 Å². The Hall–Kier alpha value is -2.90. The molecule has 0 fully saturated rings. The molecule has 0 spiro atoms. The lowest BCUT2D eigenvalue weighted by Crippen LogP contribution is -2.21. The Balaban J connectivity index is 1.61. The molecule has 0 amide bonds. The number of hydrogen-bond acceptors (Lipinski definition) is 5. The molecule has 158 valence electrons. The van der Waals surface area contributed by atoms with E-state index in [-0.39, 0.29) is 23.2 Å². The van der Waals surface area contributed by atoms with Crippen LogP contribution >= 0.6 is 31.9 Å². The minimum absolute atomic E-state index is 0.0790. The maximum Gasteiger partial charge on any atom is 0.180 e. The second kappa shape index (κ2) is 8.22. The van der Waals surface area contributed by atoms with Gasteiger partial charge in [0.2, 0.25) is 0 Å². The summed E-state index contributed by atoms with van der Waals surface area (Å²) < 4.78 is 1.32. The Morgan fingerprint density at radius 3 is 2.12 bits per heavy atom. The van der Waals surface area contributed by atoms with Crippen LogP contribution in [0.15, 0.2) is 97.7 Å². The third-order valence-corrected chi connectivity index (χ3v) is 6.89. The topological polar surface area (TPSA) is 79.1 Å². The summed E-state index contributed by atoms with van der Waals surface area (Å²) in [5, 5.41) is 19.6. The van der Waals surface area contributed by atoms with Gasteiger partial charge in [-0.25, -0.2) is 0 Å². The van der Waals surface area contributed by atoms with Crippen molar-refractivity contribution in [1.29, 1.82) is 0 Å². The molecule has 0 aromatic heterocycles. The van der Waals surface area contributed by atoms with Gasteiger partial charge in [0.05, 0.1) is 10.2 Å². The minimum Gasteiger partial charge on any atom is -0.506 e. The van der Waals surface area contributed by atoms with Gasteiger partial charge in [-0.1, -0.05) is 70.5 Å². The lowest BCUT2D eigenvalue weighted by Gasteiger charge is -2.27. The minimum atomic E-state index is -0.994. The smallest absolute Gasteiger partial charge is 0.180 e. The van der Waals surface area contributed by atoms with E-state index >= 15 is 0 Å². The fourth-order valence-electron chi connectivity index (χ4n) is 4.30. The standard InChI is InChI=1S/C25H16Br2N2O3/c26-14-10-18(23(30)19(27)11-14)22-17(13-6-2-1-3-7-13)12-20(28-29-22)21-24(31)15-8-4-5-9-16(15)25(21)32/h1-12,17,21-22,30H. The Bertz CT molecular complexity index is 1280. The molecule has 0 radical (unpaired) electrons. The number of phenolic OH excluding ortho intramolecular Hbond substituents is 1. The molecule has 32 heavy (non-hydrogen) atoms. The van der Waals surface area contributed by atoms with Crippen molar-refractivity contribution < 1.29 is 14.7 Å². The first kappa shape index (κ1) is 21.0. The van der Waals surface area contributed by atoms with E-state index < -0.39 is 12.0 Å². The number of carbonyl (C=O) groups excluding carboxylic acids is 2. The number of benzene rings is 3. The number of ketones is 2. The van der Waals surface area contributed by atoms with Gasteiger partial charge in [0.15, 0.2) is 11.6 Å². The molecule has 1 aliphatic heterocycles. The van der Waals surface area contributed by atoms with Gasteiger partial charge in [-0.2, -0.15) is 10.2 Å². The first-order chi connectivity index (χ1) is 15.5. The molecule has 0 saturated heterocycles. The fourth-order valence-corrected chi connectivity index (χ4v) is 5.55. The quantitative estimate of drug-likeness (QED) is 0.364. The highest BCUT2D eigenvalue weighted by atomic mass is 79.9. The van der Waals surface area contributed by atoms with Crippen LogP contribution in [0.3, 0.4) is 0 Å². The predicted octanol–water partition coefficient (Wildman–Crippen LogP) is 6.79. The fraction of sp³-hybridized carbons (Fsp3) is 0.120. The van der Waals surface area contributed by atoms with Crippen LogP contribution in [0.25, 0.3) is 0 Å². The molecule has 7 heteroatoms. The lowest BCUT2D eigenvalue weighted by molar-refractivity contribution is 0.0861. The second-order valence-electron chi connectivity index (χ2n) is 7.72. The zero-order chi connectivity index (χ0) is 22.4. The van der Waals surface area contributed by atoms with Crippen molar-refractivity contribution in [2.45, 2.75) is 12.0 Å². The molecule has 2 unspecified atom stereocenters. The monoisotopic (exact) mass is 550 g/mol. The van der Waals surface area contributed by atoms with E-state index in [2.05, 4.69) is 42.1 Å². The summed E-state index contributed by atoms with van der Waals surface area (Å²) in [6, 6.07) is 19.6. The number of halogens is 2. The molecule has 1 N–H and O–H groups in total. The average molecular weight is 552 g/mol. The summed E-state index contributed by atoms with van der Waals surface area (Å²) in [5.41, 5.74) is 2.72. The van der Waals surface area contributed by atoms with E-state index in [0.29, 0.717) is 26.9 Å². The number of allylic oxidation sites excluding steroid dienone is 1. The van der Waals surface area contributed by atoms with Crippen molar-refractivity contribution in [2.24, 2.45) is 16.1 Å². The SMILES string of the molecule is O=C1c2ccccc2C(=O)C1C1=CC(c2ccccc2)C(c2cc(Br)cc(Br)c2O)N=N1. The number of carbonyl (C=O) groups is 2. The molecule has 1 heterocycles. The maximum absolute atomic E-state index is 13.0. The number of nitrogens with zero attached hydrogens (tertiary/aromatic N) is 2. The van der Waals surface area contributed by atoms with Crippen molar-refractivity contribution in [2.75, 3.05) is 0 Å². The summed E-state index contributed by atoms with van der Waals surface area (Å²) in [6.45, 7) is 0. The maximum atomic E-state index is 13.0. The van der Waals surface area contributed by atoms with Gasteiger partial charge < -0.3 is 5.11 Å². The average Bonchev–Trinajstić information content (AvgIpc) is 3.07. The number of aromatic hydroxyl groups is 1. The van der Waals surface area contributed by atoms with Gasteiger partial charge in [0.25, 0.3) is 0 Å². The number of fused-ring (bicyclic) bond motifs is 1. The molecule has 0 bridgehead atoms. The Kier molecular flexibility index (Phi) is 5.39. The zero-order valence-electron chi connectivity index (χ0n) is 16.6. The normalized spacial score (nSPS) is 20.4. The molecular weight excluding hydrogens is 536 g/mol. The van der Waals surface area contributed by atoms with Gasteiger partial charge in [-0.15, -0.1) is 0 Å². The van der Waals surface area contributed by atoms with Crippen LogP contribution in [-0.2, 0) is 0 Å². The highest BCUT2D eigenvalue weighted by Gasteiger charge is 2.43. The van der Waals surface area contributed by atoms with Crippen LogP contribution in [0, 0.1) is 5.92 Å². The van der Waals surface area contributed by atoms with Gasteiger partial charge in [-0.3, -0.25) is 9.59 Å². The van der Waals surface area contributed by atoms with Gasteiger partial charge in [-0.05, 0) is 39.7 Å². The summed E-state index contributed by atoms with van der Waals surface area (Å²) in [4.78, 5) is 26.1. The van der Waals surface area contributed by atoms with Crippen LogP contribution in [-0.4, -0.2) is 16.7 Å². The lowest BCUT2D eigenvalue weighted by atomic mass is 9.83. The van der Waals surface area contributed by atoms with Gasteiger partial charge in [0, 0.05) is 27.1 Å². The number of rotatable bonds is 3. The molecular formula is C25H16Br2N2O3. The second-order valence-corrected chi connectivity index (χ2v) is 9.49. The molecule has 1 aliphatic carbocycles. The molecule has 2 aliphatic rings. The number of azo groups is 1. The van der Waals surface area contributed by atoms with Crippen molar-refractivity contribution in [3.63, 3.8) is 0 Å². The Morgan fingerprint density at radius 2 is 1.47 bits per heavy atom. The molecule has 3 aromatic rings. The van der Waals surface area contributed by atoms with E-state index in [1.54, 1.807) is 36.4 Å². The van der Waals surface area contributed by atoms with E-state index in [4.69, 9.17) is 0 Å².